The third-order valence-electron chi connectivity index (χ3n) is 6.58. The van der Waals surface area contributed by atoms with Gasteiger partial charge < -0.3 is 24.0 Å². The van der Waals surface area contributed by atoms with Crippen molar-refractivity contribution in [2.24, 2.45) is 5.92 Å². The normalized spacial score (nSPS) is 17.8. The largest absolute Gasteiger partial charge is 0.497 e. The fourth-order valence-corrected chi connectivity index (χ4v) is 4.73. The zero-order chi connectivity index (χ0) is 22.1. The van der Waals surface area contributed by atoms with Crippen LogP contribution in [0, 0.1) is 12.8 Å². The first-order chi connectivity index (χ1) is 15.6. The molecule has 0 aliphatic carbocycles. The summed E-state index contributed by atoms with van der Waals surface area (Å²) in [6.07, 6.45) is 3.16. The second-order valence-electron chi connectivity index (χ2n) is 8.42. The van der Waals surface area contributed by atoms with Crippen LogP contribution in [0.15, 0.2) is 35.1 Å². The predicted molar refractivity (Wildman–Crippen MR) is 121 cm³/mol. The Kier molecular flexibility index (Phi) is 5.55. The minimum Gasteiger partial charge on any atom is -0.497 e. The Bertz CT molecular complexity index is 1100. The lowest BCUT2D eigenvalue weighted by Crippen LogP contribution is -2.51. The average Bonchev–Trinajstić information content (AvgIpc) is 3.25. The van der Waals surface area contributed by atoms with Gasteiger partial charge in [-0.1, -0.05) is 11.2 Å². The lowest BCUT2D eigenvalue weighted by atomic mass is 9.94. The van der Waals surface area contributed by atoms with Crippen molar-refractivity contribution in [3.8, 4) is 5.75 Å². The Morgan fingerprint density at radius 3 is 2.59 bits per heavy atom. The molecule has 0 saturated carbocycles. The predicted octanol–water partition coefficient (Wildman–Crippen LogP) is 2.50. The van der Waals surface area contributed by atoms with Crippen LogP contribution in [0.1, 0.15) is 18.5 Å². The Hall–Kier alpha value is -3.36. The number of anilines is 2. The lowest BCUT2D eigenvalue weighted by Gasteiger charge is -2.39. The Balaban J connectivity index is 1.18. The van der Waals surface area contributed by atoms with E-state index in [1.165, 1.54) is 6.33 Å². The Morgan fingerprint density at radius 1 is 1.06 bits per heavy atom. The highest BCUT2D eigenvalue weighted by molar-refractivity contribution is 5.88. The minimum atomic E-state index is 0.0653. The van der Waals surface area contributed by atoms with Crippen LogP contribution in [-0.4, -0.2) is 72.3 Å². The van der Waals surface area contributed by atoms with E-state index in [2.05, 4.69) is 37.1 Å². The molecular weight excluding hydrogens is 408 g/mol. The molecule has 1 aromatic carbocycles. The first kappa shape index (κ1) is 20.5. The van der Waals surface area contributed by atoms with Crippen molar-refractivity contribution in [1.29, 1.82) is 0 Å². The number of amides is 1. The van der Waals surface area contributed by atoms with Gasteiger partial charge in [-0.2, -0.15) is 4.98 Å². The van der Waals surface area contributed by atoms with Gasteiger partial charge in [-0.05, 0) is 31.9 Å². The van der Waals surface area contributed by atoms with Gasteiger partial charge in [-0.3, -0.25) is 4.79 Å². The summed E-state index contributed by atoms with van der Waals surface area (Å²) in [4.78, 5) is 28.4. The quantitative estimate of drug-likeness (QED) is 0.617. The molecule has 168 valence electrons. The van der Waals surface area contributed by atoms with Crippen LogP contribution < -0.4 is 14.5 Å². The van der Waals surface area contributed by atoms with Gasteiger partial charge in [0.2, 0.25) is 5.91 Å². The van der Waals surface area contributed by atoms with Gasteiger partial charge in [0.05, 0.1) is 12.8 Å². The molecule has 0 spiro atoms. The third kappa shape index (κ3) is 3.83. The lowest BCUT2D eigenvalue weighted by molar-refractivity contribution is -0.136. The molecule has 0 atom stereocenters. The van der Waals surface area contributed by atoms with E-state index in [1.807, 2.05) is 24.0 Å². The van der Waals surface area contributed by atoms with Crippen molar-refractivity contribution >= 4 is 28.5 Å². The van der Waals surface area contributed by atoms with E-state index in [4.69, 9.17) is 9.26 Å². The van der Waals surface area contributed by atoms with Crippen LogP contribution in [0.4, 0.5) is 11.5 Å². The maximum absolute atomic E-state index is 13.2. The number of fused-ring (bicyclic) bond motifs is 1. The molecule has 9 nitrogen and oxygen atoms in total. The van der Waals surface area contributed by atoms with Crippen molar-refractivity contribution in [2.75, 3.05) is 56.2 Å². The molecule has 0 N–H and O–H groups in total. The van der Waals surface area contributed by atoms with Crippen LogP contribution in [0.3, 0.4) is 0 Å². The highest BCUT2D eigenvalue weighted by Crippen LogP contribution is 2.30. The monoisotopic (exact) mass is 436 g/mol. The number of hydrogen-bond acceptors (Lipinski definition) is 8. The smallest absolute Gasteiger partial charge is 0.263 e. The van der Waals surface area contributed by atoms with Gasteiger partial charge in [-0.15, -0.1) is 0 Å². The zero-order valence-corrected chi connectivity index (χ0v) is 18.5. The van der Waals surface area contributed by atoms with Crippen molar-refractivity contribution in [2.45, 2.75) is 19.8 Å². The molecule has 0 bridgehead atoms. The summed E-state index contributed by atoms with van der Waals surface area (Å²) in [6, 6.07) is 8.10. The summed E-state index contributed by atoms with van der Waals surface area (Å²) in [5, 5.41) is 4.88. The molecule has 9 heteroatoms. The van der Waals surface area contributed by atoms with Gasteiger partial charge in [0.25, 0.3) is 5.71 Å². The van der Waals surface area contributed by atoms with E-state index in [0.29, 0.717) is 5.71 Å². The molecule has 2 aliphatic rings. The summed E-state index contributed by atoms with van der Waals surface area (Å²) in [6.45, 7) is 6.66. The van der Waals surface area contributed by atoms with Crippen LogP contribution in [0.5, 0.6) is 5.75 Å². The first-order valence-electron chi connectivity index (χ1n) is 11.1. The van der Waals surface area contributed by atoms with Crippen molar-refractivity contribution in [1.82, 2.24) is 20.0 Å². The molecule has 2 fully saturated rings. The SMILES string of the molecule is COc1cccc(N2CCN(C(=O)C3CCN(c4ncnc5onc(C)c45)CC3)CC2)c1. The van der Waals surface area contributed by atoms with E-state index in [1.54, 1.807) is 7.11 Å². The van der Waals surface area contributed by atoms with Crippen LogP contribution >= 0.6 is 0 Å². The summed E-state index contributed by atoms with van der Waals surface area (Å²) in [5.74, 6) is 2.06. The third-order valence-corrected chi connectivity index (χ3v) is 6.58. The summed E-state index contributed by atoms with van der Waals surface area (Å²) >= 11 is 0. The maximum Gasteiger partial charge on any atom is 0.263 e. The number of piperazine rings is 1. The van der Waals surface area contributed by atoms with Crippen molar-refractivity contribution in [3.05, 3.63) is 36.3 Å². The van der Waals surface area contributed by atoms with Gasteiger partial charge >= 0.3 is 0 Å². The van der Waals surface area contributed by atoms with E-state index < -0.39 is 0 Å². The highest BCUT2D eigenvalue weighted by Gasteiger charge is 2.31. The number of carbonyl (C=O) groups excluding carboxylic acids is 1. The molecule has 2 saturated heterocycles. The summed E-state index contributed by atoms with van der Waals surface area (Å²) in [7, 11) is 1.68. The van der Waals surface area contributed by atoms with Gasteiger partial charge in [0.1, 0.15) is 23.3 Å². The number of carbonyl (C=O) groups is 1. The number of aromatic nitrogens is 3. The topological polar surface area (TPSA) is 87.8 Å². The molecule has 0 radical (unpaired) electrons. The number of ether oxygens (including phenoxy) is 1. The molecule has 1 amide bonds. The van der Waals surface area contributed by atoms with Crippen LogP contribution in [0.2, 0.25) is 0 Å². The highest BCUT2D eigenvalue weighted by atomic mass is 16.5. The van der Waals surface area contributed by atoms with Crippen LogP contribution in [0.25, 0.3) is 11.1 Å². The number of piperidine rings is 1. The number of rotatable bonds is 4. The standard InChI is InChI=1S/C23H28N6O3/c1-16-20-21(24-15-25-22(20)32-26-16)28-8-6-17(7-9-28)23(30)29-12-10-27(11-13-29)18-4-3-5-19(14-18)31-2/h3-5,14-15,17H,6-13H2,1-2H3. The van der Waals surface area contributed by atoms with Crippen LogP contribution in [-0.2, 0) is 4.79 Å². The fraction of sp³-hybridized carbons (Fsp3) is 0.478. The van der Waals surface area contributed by atoms with Gasteiger partial charge in [-0.25, -0.2) is 4.98 Å². The zero-order valence-electron chi connectivity index (χ0n) is 18.5. The molecular formula is C23H28N6O3. The maximum atomic E-state index is 13.2. The van der Waals surface area contributed by atoms with E-state index in [9.17, 15) is 4.79 Å². The van der Waals surface area contributed by atoms with Gasteiger partial charge in [0.15, 0.2) is 0 Å². The Morgan fingerprint density at radius 2 is 1.84 bits per heavy atom. The van der Waals surface area contributed by atoms with E-state index in [-0.39, 0.29) is 11.8 Å². The molecule has 5 rings (SSSR count). The molecule has 32 heavy (non-hydrogen) atoms. The number of aryl methyl sites for hydroxylation is 1. The van der Waals surface area contributed by atoms with E-state index in [0.717, 1.165) is 80.4 Å². The molecule has 3 aromatic rings. The molecule has 2 aliphatic heterocycles. The number of benzene rings is 1. The van der Waals surface area contributed by atoms with Crippen molar-refractivity contribution in [3.63, 3.8) is 0 Å². The second-order valence-corrected chi connectivity index (χ2v) is 8.42. The first-order valence-corrected chi connectivity index (χ1v) is 11.1. The average molecular weight is 437 g/mol. The fourth-order valence-electron chi connectivity index (χ4n) is 4.73. The Labute approximate surface area is 186 Å². The minimum absolute atomic E-state index is 0.0653. The summed E-state index contributed by atoms with van der Waals surface area (Å²) in [5.41, 5.74) is 2.45. The summed E-state index contributed by atoms with van der Waals surface area (Å²) < 4.78 is 10.6. The second kappa shape index (κ2) is 8.64. The number of methoxy groups -OCH3 is 1. The molecule has 0 unspecified atom stereocenters. The van der Waals surface area contributed by atoms with Gasteiger partial charge in [0, 0.05) is 56.9 Å². The van der Waals surface area contributed by atoms with Crippen molar-refractivity contribution < 1.29 is 14.1 Å². The molecule has 2 aromatic heterocycles. The number of nitrogens with zero attached hydrogens (tertiary/aromatic N) is 6. The van der Waals surface area contributed by atoms with E-state index >= 15 is 0 Å². The number of hydrogen-bond donors (Lipinski definition) is 0. The molecule has 4 heterocycles.